The van der Waals surface area contributed by atoms with Crippen LogP contribution in [-0.4, -0.2) is 41.0 Å². The Bertz CT molecular complexity index is 1200. The summed E-state index contributed by atoms with van der Waals surface area (Å²) in [6.45, 7) is 14.3. The fourth-order valence-electron chi connectivity index (χ4n) is 4.09. The van der Waals surface area contributed by atoms with E-state index in [1.54, 1.807) is 26.8 Å². The number of carbonyl (C=O) groups is 3. The topological polar surface area (TPSA) is 112 Å². The van der Waals surface area contributed by atoms with Gasteiger partial charge in [-0.15, -0.1) is 0 Å². The highest BCUT2D eigenvalue weighted by Gasteiger charge is 2.38. The maximum Gasteiger partial charge on any atom is 0.408 e. The number of nitrogens with zero attached hydrogens (tertiary/aromatic N) is 2. The summed E-state index contributed by atoms with van der Waals surface area (Å²) in [5.74, 6) is -1.26. The maximum atomic E-state index is 14.1. The van der Waals surface area contributed by atoms with Crippen LogP contribution in [0, 0.1) is 38.0 Å². The Balaban J connectivity index is 2.60. The molecule has 0 spiro atoms. The van der Waals surface area contributed by atoms with Gasteiger partial charge in [-0.05, 0) is 70.2 Å². The first-order valence-electron chi connectivity index (χ1n) is 12.9. The number of hydrogen-bond acceptors (Lipinski definition) is 5. The summed E-state index contributed by atoms with van der Waals surface area (Å²) in [5.41, 5.74) is 3.05. The predicted octanol–water partition coefficient (Wildman–Crippen LogP) is 5.58. The van der Waals surface area contributed by atoms with Gasteiger partial charge in [-0.25, -0.2) is 4.79 Å². The van der Waals surface area contributed by atoms with E-state index in [0.717, 1.165) is 16.7 Å². The number of carbonyl (C=O) groups excluding carboxylic acids is 3. The first kappa shape index (κ1) is 30.4. The smallest absolute Gasteiger partial charge is 0.408 e. The third-order valence-corrected chi connectivity index (χ3v) is 6.37. The van der Waals surface area contributed by atoms with Crippen LogP contribution in [0.3, 0.4) is 0 Å². The fourth-order valence-corrected chi connectivity index (χ4v) is 4.09. The van der Waals surface area contributed by atoms with Crippen molar-refractivity contribution in [3.05, 3.63) is 64.7 Å². The third-order valence-electron chi connectivity index (χ3n) is 6.37. The fraction of sp³-hybridized carbons (Fsp3) is 0.467. The lowest BCUT2D eigenvalue weighted by Gasteiger charge is -2.35. The zero-order valence-corrected chi connectivity index (χ0v) is 23.7. The van der Waals surface area contributed by atoms with Gasteiger partial charge in [0.15, 0.2) is 0 Å². The van der Waals surface area contributed by atoms with Crippen LogP contribution in [0.15, 0.2) is 42.5 Å². The molecular weight excluding hydrogens is 480 g/mol. The van der Waals surface area contributed by atoms with Gasteiger partial charge in [0, 0.05) is 5.69 Å². The molecule has 2 aromatic carbocycles. The monoisotopic (exact) mass is 520 g/mol. The van der Waals surface area contributed by atoms with E-state index in [4.69, 9.17) is 4.74 Å². The molecule has 3 atom stereocenters. The van der Waals surface area contributed by atoms with Crippen LogP contribution >= 0.6 is 0 Å². The van der Waals surface area contributed by atoms with Crippen molar-refractivity contribution in [2.24, 2.45) is 5.92 Å². The number of alkyl carbamates (subject to hydrolysis) is 1. The van der Waals surface area contributed by atoms with E-state index in [1.807, 2.05) is 77.1 Å². The summed E-state index contributed by atoms with van der Waals surface area (Å²) in [6, 6.07) is 13.0. The van der Waals surface area contributed by atoms with Crippen LogP contribution in [0.5, 0.6) is 0 Å². The Hall–Kier alpha value is -3.86. The van der Waals surface area contributed by atoms with Gasteiger partial charge in [0.2, 0.25) is 5.91 Å². The molecule has 8 heteroatoms. The summed E-state index contributed by atoms with van der Waals surface area (Å²) in [4.78, 5) is 41.9. The molecule has 0 fully saturated rings. The second-order valence-corrected chi connectivity index (χ2v) is 10.7. The number of aryl methyl sites for hydroxylation is 3. The van der Waals surface area contributed by atoms with E-state index in [-0.39, 0.29) is 12.5 Å². The normalized spacial score (nSPS) is 13.4. The van der Waals surface area contributed by atoms with Gasteiger partial charge in [0.05, 0.1) is 6.07 Å². The average molecular weight is 521 g/mol. The number of nitriles is 1. The van der Waals surface area contributed by atoms with Crippen molar-refractivity contribution in [2.45, 2.75) is 79.5 Å². The summed E-state index contributed by atoms with van der Waals surface area (Å²) >= 11 is 0. The van der Waals surface area contributed by atoms with Crippen molar-refractivity contribution in [3.63, 3.8) is 0 Å². The standard InChI is InChI=1S/C30H40N4O4/c1-9-20(3)25(33-29(37)38-30(6,7)8)28(36)34(17-16-31)26(23-18-19(2)14-15-21(23)4)27(35)32-24-13-11-10-12-22(24)5/h10-15,18,20,25-26H,9,17H2,1-8H3,(H,32,35)(H,33,37). The van der Waals surface area contributed by atoms with Crippen molar-refractivity contribution in [1.29, 1.82) is 5.26 Å². The lowest BCUT2D eigenvalue weighted by molar-refractivity contribution is -0.141. The quantitative estimate of drug-likeness (QED) is 0.419. The summed E-state index contributed by atoms with van der Waals surface area (Å²) in [5, 5.41) is 15.4. The van der Waals surface area contributed by atoms with E-state index >= 15 is 0 Å². The highest BCUT2D eigenvalue weighted by Crippen LogP contribution is 2.29. The van der Waals surface area contributed by atoms with Crippen molar-refractivity contribution >= 4 is 23.6 Å². The SMILES string of the molecule is CCC(C)C(NC(=O)OC(C)(C)C)C(=O)N(CC#N)C(C(=O)Nc1ccccc1C)c1cc(C)ccc1C. The van der Waals surface area contributed by atoms with Gasteiger partial charge in [-0.1, -0.05) is 62.2 Å². The number of benzene rings is 2. The van der Waals surface area contributed by atoms with Crippen LogP contribution < -0.4 is 10.6 Å². The lowest BCUT2D eigenvalue weighted by Crippen LogP contribution is -2.55. The molecule has 0 bridgehead atoms. The Morgan fingerprint density at radius 3 is 2.29 bits per heavy atom. The van der Waals surface area contributed by atoms with Crippen molar-refractivity contribution in [1.82, 2.24) is 10.2 Å². The van der Waals surface area contributed by atoms with Crippen LogP contribution in [0.4, 0.5) is 10.5 Å². The molecule has 0 aromatic heterocycles. The molecule has 0 saturated heterocycles. The number of para-hydroxylation sites is 1. The number of ether oxygens (including phenoxy) is 1. The molecule has 0 aliphatic heterocycles. The molecule has 0 aliphatic rings. The van der Waals surface area contributed by atoms with Crippen molar-refractivity contribution in [3.8, 4) is 6.07 Å². The molecule has 204 valence electrons. The van der Waals surface area contributed by atoms with E-state index in [1.165, 1.54) is 4.90 Å². The molecule has 0 saturated carbocycles. The summed E-state index contributed by atoms with van der Waals surface area (Å²) in [6.07, 6.45) is -0.156. The second kappa shape index (κ2) is 13.1. The zero-order chi connectivity index (χ0) is 28.6. The number of amides is 3. The van der Waals surface area contributed by atoms with Crippen molar-refractivity contribution in [2.75, 3.05) is 11.9 Å². The largest absolute Gasteiger partial charge is 0.444 e. The van der Waals surface area contributed by atoms with Gasteiger partial charge in [-0.2, -0.15) is 5.26 Å². The molecular formula is C30H40N4O4. The average Bonchev–Trinajstić information content (AvgIpc) is 2.83. The van der Waals surface area contributed by atoms with Crippen LogP contribution in [0.2, 0.25) is 0 Å². The minimum atomic E-state index is -1.10. The number of nitrogens with one attached hydrogen (secondary N) is 2. The molecule has 38 heavy (non-hydrogen) atoms. The molecule has 2 aromatic rings. The molecule has 3 unspecified atom stereocenters. The van der Waals surface area contributed by atoms with Gasteiger partial charge in [0.25, 0.3) is 5.91 Å². The number of rotatable bonds is 9. The Labute approximate surface area is 226 Å². The van der Waals surface area contributed by atoms with Crippen LogP contribution in [0.1, 0.15) is 69.3 Å². The number of anilines is 1. The number of hydrogen-bond donors (Lipinski definition) is 2. The first-order valence-corrected chi connectivity index (χ1v) is 12.9. The Morgan fingerprint density at radius 2 is 1.71 bits per heavy atom. The highest BCUT2D eigenvalue weighted by molar-refractivity contribution is 5.99. The second-order valence-electron chi connectivity index (χ2n) is 10.7. The molecule has 2 rings (SSSR count). The van der Waals surface area contributed by atoms with Gasteiger partial charge in [0.1, 0.15) is 24.2 Å². The molecule has 0 radical (unpaired) electrons. The zero-order valence-electron chi connectivity index (χ0n) is 23.7. The third kappa shape index (κ3) is 8.07. The first-order chi connectivity index (χ1) is 17.8. The van der Waals surface area contributed by atoms with Gasteiger partial charge >= 0.3 is 6.09 Å². The van der Waals surface area contributed by atoms with E-state index in [2.05, 4.69) is 10.6 Å². The Morgan fingerprint density at radius 1 is 1.05 bits per heavy atom. The highest BCUT2D eigenvalue weighted by atomic mass is 16.6. The van der Waals surface area contributed by atoms with Crippen LogP contribution in [-0.2, 0) is 14.3 Å². The summed E-state index contributed by atoms with van der Waals surface area (Å²) in [7, 11) is 0. The molecule has 2 N–H and O–H groups in total. The molecule has 3 amide bonds. The summed E-state index contributed by atoms with van der Waals surface area (Å²) < 4.78 is 5.41. The van der Waals surface area contributed by atoms with Crippen molar-refractivity contribution < 1.29 is 19.1 Å². The van der Waals surface area contributed by atoms with Gasteiger partial charge < -0.3 is 20.3 Å². The molecule has 0 aliphatic carbocycles. The molecule has 0 heterocycles. The van der Waals surface area contributed by atoms with E-state index < -0.39 is 35.6 Å². The minimum Gasteiger partial charge on any atom is -0.444 e. The minimum absolute atomic E-state index is 0.283. The van der Waals surface area contributed by atoms with E-state index in [0.29, 0.717) is 17.7 Å². The molecule has 8 nitrogen and oxygen atoms in total. The maximum absolute atomic E-state index is 14.1. The Kier molecular flexibility index (Phi) is 10.5. The van der Waals surface area contributed by atoms with Crippen LogP contribution in [0.25, 0.3) is 0 Å². The van der Waals surface area contributed by atoms with E-state index in [9.17, 15) is 19.6 Å². The predicted molar refractivity (Wildman–Crippen MR) is 148 cm³/mol. The lowest BCUT2D eigenvalue weighted by atomic mass is 9.93. The van der Waals surface area contributed by atoms with Gasteiger partial charge in [-0.3, -0.25) is 9.59 Å².